The Balaban J connectivity index is 1.84. The number of nitrogens with zero attached hydrogens (tertiary/aromatic N) is 1. The zero-order valence-corrected chi connectivity index (χ0v) is 10.7. The molecule has 1 aliphatic carbocycles. The highest BCUT2D eigenvalue weighted by Gasteiger charge is 2.21. The monoisotopic (exact) mass is 263 g/mol. The molecule has 1 heterocycles. The number of aryl methyl sites for hydroxylation is 1. The van der Waals surface area contributed by atoms with Crippen molar-refractivity contribution in [3.8, 4) is 0 Å². The summed E-state index contributed by atoms with van der Waals surface area (Å²) < 4.78 is 13.6. The van der Waals surface area contributed by atoms with Crippen molar-refractivity contribution >= 4 is 11.3 Å². The SMILES string of the molecule is OC1CCc2nc(Cc3ccccc3F)sc2C1. The van der Waals surface area contributed by atoms with Crippen molar-refractivity contribution in [2.75, 3.05) is 0 Å². The molecule has 0 spiro atoms. The number of aliphatic hydroxyl groups is 1. The molecular formula is C14H14FNOS. The van der Waals surface area contributed by atoms with Crippen molar-refractivity contribution in [1.29, 1.82) is 0 Å². The molecule has 1 aromatic carbocycles. The highest BCUT2D eigenvalue weighted by Crippen LogP contribution is 2.28. The van der Waals surface area contributed by atoms with Gasteiger partial charge in [-0.25, -0.2) is 9.37 Å². The molecule has 18 heavy (non-hydrogen) atoms. The lowest BCUT2D eigenvalue weighted by Gasteiger charge is -2.14. The van der Waals surface area contributed by atoms with Crippen LogP contribution in [-0.2, 0) is 19.3 Å². The predicted molar refractivity (Wildman–Crippen MR) is 69.4 cm³/mol. The van der Waals surface area contributed by atoms with Crippen LogP contribution in [0.2, 0.25) is 0 Å². The fraction of sp³-hybridized carbons (Fsp3) is 0.357. The average molecular weight is 263 g/mol. The number of thiazole rings is 1. The molecule has 0 saturated heterocycles. The van der Waals surface area contributed by atoms with Gasteiger partial charge in [-0.15, -0.1) is 11.3 Å². The van der Waals surface area contributed by atoms with Gasteiger partial charge in [-0.1, -0.05) is 18.2 Å². The third kappa shape index (κ3) is 2.31. The molecule has 1 atom stereocenters. The maximum atomic E-state index is 13.6. The molecule has 0 radical (unpaired) electrons. The number of hydrogen-bond donors (Lipinski definition) is 1. The van der Waals surface area contributed by atoms with Crippen LogP contribution in [0.3, 0.4) is 0 Å². The van der Waals surface area contributed by atoms with E-state index in [0.717, 1.165) is 23.5 Å². The summed E-state index contributed by atoms with van der Waals surface area (Å²) in [6.07, 6.45) is 2.63. The second kappa shape index (κ2) is 4.78. The topological polar surface area (TPSA) is 33.1 Å². The highest BCUT2D eigenvalue weighted by molar-refractivity contribution is 7.11. The normalized spacial score (nSPS) is 18.7. The average Bonchev–Trinajstić information content (AvgIpc) is 2.73. The predicted octanol–water partition coefficient (Wildman–Crippen LogP) is 2.72. The first-order chi connectivity index (χ1) is 8.72. The van der Waals surface area contributed by atoms with Gasteiger partial charge in [0, 0.05) is 17.7 Å². The van der Waals surface area contributed by atoms with Gasteiger partial charge in [0.25, 0.3) is 0 Å². The second-order valence-corrected chi connectivity index (χ2v) is 5.81. The van der Waals surface area contributed by atoms with E-state index < -0.39 is 0 Å². The van der Waals surface area contributed by atoms with Crippen molar-refractivity contribution < 1.29 is 9.50 Å². The van der Waals surface area contributed by atoms with Gasteiger partial charge in [0.2, 0.25) is 0 Å². The van der Waals surface area contributed by atoms with E-state index in [9.17, 15) is 9.50 Å². The lowest BCUT2D eigenvalue weighted by Crippen LogP contribution is -2.17. The number of rotatable bonds is 2. The maximum absolute atomic E-state index is 13.6. The minimum atomic E-state index is -0.237. The number of aromatic nitrogens is 1. The van der Waals surface area contributed by atoms with Gasteiger partial charge in [-0.05, 0) is 24.5 Å². The third-order valence-electron chi connectivity index (χ3n) is 3.26. The van der Waals surface area contributed by atoms with Crippen molar-refractivity contribution in [3.05, 3.63) is 51.2 Å². The molecule has 0 bridgehead atoms. The molecular weight excluding hydrogens is 249 g/mol. The molecule has 2 aromatic rings. The molecule has 1 aromatic heterocycles. The molecule has 1 N–H and O–H groups in total. The Morgan fingerprint density at radius 2 is 2.22 bits per heavy atom. The maximum Gasteiger partial charge on any atom is 0.126 e. The van der Waals surface area contributed by atoms with E-state index in [1.165, 1.54) is 10.9 Å². The molecule has 3 rings (SSSR count). The van der Waals surface area contributed by atoms with Crippen molar-refractivity contribution in [1.82, 2.24) is 4.98 Å². The molecule has 0 amide bonds. The number of hydrogen-bond acceptors (Lipinski definition) is 3. The fourth-order valence-corrected chi connectivity index (χ4v) is 3.50. The Morgan fingerprint density at radius 1 is 1.39 bits per heavy atom. The molecule has 4 heteroatoms. The van der Waals surface area contributed by atoms with Crippen LogP contribution in [0.1, 0.15) is 27.6 Å². The Labute approximate surface area is 109 Å². The van der Waals surface area contributed by atoms with Crippen molar-refractivity contribution in [2.45, 2.75) is 31.8 Å². The van der Waals surface area contributed by atoms with Gasteiger partial charge >= 0.3 is 0 Å². The summed E-state index contributed by atoms with van der Waals surface area (Å²) in [4.78, 5) is 5.73. The van der Waals surface area contributed by atoms with Crippen LogP contribution >= 0.6 is 11.3 Å². The first kappa shape index (κ1) is 11.8. The Kier molecular flexibility index (Phi) is 3.14. The minimum Gasteiger partial charge on any atom is -0.393 e. The van der Waals surface area contributed by atoms with Crippen LogP contribution in [0.5, 0.6) is 0 Å². The summed E-state index contributed by atoms with van der Waals surface area (Å²) in [6.45, 7) is 0. The quantitative estimate of drug-likeness (QED) is 0.903. The Morgan fingerprint density at radius 3 is 3.06 bits per heavy atom. The van der Waals surface area contributed by atoms with Crippen LogP contribution in [0.15, 0.2) is 24.3 Å². The van der Waals surface area contributed by atoms with Gasteiger partial charge in [-0.3, -0.25) is 0 Å². The first-order valence-electron chi connectivity index (χ1n) is 6.11. The van der Waals surface area contributed by atoms with E-state index in [2.05, 4.69) is 4.98 Å². The lowest BCUT2D eigenvalue weighted by molar-refractivity contribution is 0.159. The second-order valence-electron chi connectivity index (χ2n) is 4.64. The van der Waals surface area contributed by atoms with E-state index in [1.54, 1.807) is 23.5 Å². The molecule has 2 nitrogen and oxygen atoms in total. The van der Waals surface area contributed by atoms with Gasteiger partial charge in [0.1, 0.15) is 5.82 Å². The number of benzene rings is 1. The van der Waals surface area contributed by atoms with E-state index >= 15 is 0 Å². The number of halogens is 1. The first-order valence-corrected chi connectivity index (χ1v) is 6.93. The van der Waals surface area contributed by atoms with Crippen LogP contribution in [0, 0.1) is 5.82 Å². The lowest BCUT2D eigenvalue weighted by atomic mass is 10.0. The molecule has 1 aliphatic rings. The summed E-state index contributed by atoms with van der Waals surface area (Å²) in [5.41, 5.74) is 1.78. The fourth-order valence-electron chi connectivity index (χ4n) is 2.29. The molecule has 0 saturated carbocycles. The summed E-state index contributed by atoms with van der Waals surface area (Å²) in [5, 5.41) is 10.6. The smallest absolute Gasteiger partial charge is 0.126 e. The Bertz CT molecular complexity index is 567. The minimum absolute atomic E-state index is 0.175. The summed E-state index contributed by atoms with van der Waals surface area (Å²) in [6, 6.07) is 6.81. The van der Waals surface area contributed by atoms with E-state index in [1.807, 2.05) is 6.07 Å². The number of aliphatic hydroxyl groups excluding tert-OH is 1. The van der Waals surface area contributed by atoms with Crippen LogP contribution in [-0.4, -0.2) is 16.2 Å². The van der Waals surface area contributed by atoms with Gasteiger partial charge in [0.05, 0.1) is 16.8 Å². The van der Waals surface area contributed by atoms with Crippen LogP contribution in [0.4, 0.5) is 4.39 Å². The summed E-state index contributed by atoms with van der Waals surface area (Å²) >= 11 is 1.60. The molecule has 94 valence electrons. The third-order valence-corrected chi connectivity index (χ3v) is 4.38. The van der Waals surface area contributed by atoms with Gasteiger partial charge in [0.15, 0.2) is 0 Å². The highest BCUT2D eigenvalue weighted by atomic mass is 32.1. The van der Waals surface area contributed by atoms with Gasteiger partial charge < -0.3 is 5.11 Å². The molecule has 1 unspecified atom stereocenters. The van der Waals surface area contributed by atoms with Gasteiger partial charge in [-0.2, -0.15) is 0 Å². The van der Waals surface area contributed by atoms with Crippen LogP contribution in [0.25, 0.3) is 0 Å². The number of fused-ring (bicyclic) bond motifs is 1. The van der Waals surface area contributed by atoms with Crippen LogP contribution < -0.4 is 0 Å². The molecule has 0 fully saturated rings. The summed E-state index contributed by atoms with van der Waals surface area (Å²) in [7, 11) is 0. The van der Waals surface area contributed by atoms with Crippen molar-refractivity contribution in [3.63, 3.8) is 0 Å². The molecule has 0 aliphatic heterocycles. The zero-order valence-electron chi connectivity index (χ0n) is 9.90. The van der Waals surface area contributed by atoms with E-state index in [0.29, 0.717) is 18.4 Å². The van der Waals surface area contributed by atoms with E-state index in [4.69, 9.17) is 0 Å². The standard InChI is InChI=1S/C14H14FNOS/c15-11-4-2-1-3-9(11)7-14-16-12-6-5-10(17)8-13(12)18-14/h1-4,10,17H,5-8H2. The van der Waals surface area contributed by atoms with E-state index in [-0.39, 0.29) is 11.9 Å². The zero-order chi connectivity index (χ0) is 12.5. The largest absolute Gasteiger partial charge is 0.393 e. The summed E-state index contributed by atoms with van der Waals surface area (Å²) in [5.74, 6) is -0.175. The van der Waals surface area contributed by atoms with Crippen molar-refractivity contribution in [2.24, 2.45) is 0 Å². The Hall–Kier alpha value is -1.26.